The zero-order valence-electron chi connectivity index (χ0n) is 5.19. The van der Waals surface area contributed by atoms with Crippen molar-refractivity contribution in [2.24, 2.45) is 0 Å². The highest BCUT2D eigenvalue weighted by molar-refractivity contribution is 6.18. The molecule has 0 radical (unpaired) electrons. The molecule has 0 aliphatic heterocycles. The summed E-state index contributed by atoms with van der Waals surface area (Å²) in [5, 5.41) is 0. The van der Waals surface area contributed by atoms with E-state index in [1.807, 2.05) is 6.92 Å². The van der Waals surface area contributed by atoms with E-state index in [1.165, 1.54) is 0 Å². The Hall–Kier alpha value is 0.210. The Morgan fingerprint density at radius 1 is 1.62 bits per heavy atom. The Morgan fingerprint density at radius 3 is 2.38 bits per heavy atom. The highest BCUT2D eigenvalue weighted by Gasteiger charge is 2.00. The molecule has 1 atom stereocenters. The van der Waals surface area contributed by atoms with Crippen molar-refractivity contribution in [2.75, 3.05) is 19.6 Å². The van der Waals surface area contributed by atoms with Crippen molar-refractivity contribution in [1.82, 2.24) is 0 Å². The predicted octanol–water partition coefficient (Wildman–Crippen LogP) is 1.23. The fourth-order valence-corrected chi connectivity index (χ4v) is 0.577. The molecule has 0 fully saturated rings. The van der Waals surface area contributed by atoms with Crippen LogP contribution in [-0.4, -0.2) is 25.9 Å². The normalized spacial score (nSPS) is 13.9. The van der Waals surface area contributed by atoms with Gasteiger partial charge < -0.3 is 9.47 Å². The summed E-state index contributed by atoms with van der Waals surface area (Å²) in [6.07, 6.45) is -0.235. The summed E-state index contributed by atoms with van der Waals surface area (Å²) in [6, 6.07) is 0. The minimum Gasteiger partial charge on any atom is -0.355 e. The van der Waals surface area contributed by atoms with Crippen LogP contribution in [0.4, 0.5) is 0 Å². The van der Waals surface area contributed by atoms with Crippen LogP contribution in [0.2, 0.25) is 0 Å². The van der Waals surface area contributed by atoms with Crippen molar-refractivity contribution < 1.29 is 9.47 Å². The molecule has 0 amide bonds. The fourth-order valence-electron chi connectivity index (χ4n) is 0.361. The van der Waals surface area contributed by atoms with Gasteiger partial charge >= 0.3 is 0 Å². The number of methoxy groups -OCH3 is 1. The highest BCUT2D eigenvalue weighted by Crippen LogP contribution is 1.94. The van der Waals surface area contributed by atoms with Gasteiger partial charge in [0.1, 0.15) is 0 Å². The van der Waals surface area contributed by atoms with Crippen LogP contribution in [0.5, 0.6) is 0 Å². The number of hydrogen-bond donors (Lipinski definition) is 0. The van der Waals surface area contributed by atoms with Crippen LogP contribution < -0.4 is 0 Å². The molecule has 2 nitrogen and oxygen atoms in total. The Morgan fingerprint density at radius 2 is 2.25 bits per heavy atom. The van der Waals surface area contributed by atoms with Gasteiger partial charge in [-0.15, -0.1) is 11.6 Å². The first kappa shape index (κ1) is 8.21. The molecule has 0 spiro atoms. The van der Waals surface area contributed by atoms with Crippen molar-refractivity contribution in [2.45, 2.75) is 13.2 Å². The van der Waals surface area contributed by atoms with E-state index in [0.29, 0.717) is 12.5 Å². The summed E-state index contributed by atoms with van der Waals surface area (Å²) in [6.45, 7) is 2.55. The predicted molar refractivity (Wildman–Crippen MR) is 33.1 cm³/mol. The number of ether oxygens (including phenoxy) is 2. The van der Waals surface area contributed by atoms with E-state index < -0.39 is 0 Å². The molecule has 3 heteroatoms. The maximum Gasteiger partial charge on any atom is 0.170 e. The highest BCUT2D eigenvalue weighted by atomic mass is 35.5. The van der Waals surface area contributed by atoms with Gasteiger partial charge in [-0.2, -0.15) is 0 Å². The van der Waals surface area contributed by atoms with Gasteiger partial charge in [-0.1, -0.05) is 0 Å². The lowest BCUT2D eigenvalue weighted by molar-refractivity contribution is -0.104. The molecule has 0 aliphatic carbocycles. The SMILES string of the molecule is CCOC(CCl)OC. The summed E-state index contributed by atoms with van der Waals surface area (Å²) in [5.74, 6) is 0.393. The van der Waals surface area contributed by atoms with Gasteiger partial charge in [0.25, 0.3) is 0 Å². The minimum atomic E-state index is -0.235. The molecular formula is C5H11ClO2. The van der Waals surface area contributed by atoms with Gasteiger partial charge in [0, 0.05) is 13.7 Å². The maximum atomic E-state index is 5.40. The van der Waals surface area contributed by atoms with E-state index >= 15 is 0 Å². The van der Waals surface area contributed by atoms with E-state index in [0.717, 1.165) is 0 Å². The quantitative estimate of drug-likeness (QED) is 0.430. The van der Waals surface area contributed by atoms with Crippen molar-refractivity contribution in [3.8, 4) is 0 Å². The third-order valence-electron chi connectivity index (χ3n) is 0.741. The fraction of sp³-hybridized carbons (Fsp3) is 1.00. The Labute approximate surface area is 54.7 Å². The molecule has 0 N–H and O–H groups in total. The maximum absolute atomic E-state index is 5.40. The Bertz CT molecular complexity index is 45.7. The Balaban J connectivity index is 3.07. The van der Waals surface area contributed by atoms with Crippen LogP contribution in [0.1, 0.15) is 6.92 Å². The molecule has 0 heterocycles. The number of rotatable bonds is 4. The lowest BCUT2D eigenvalue weighted by Gasteiger charge is -2.09. The largest absolute Gasteiger partial charge is 0.355 e. The van der Waals surface area contributed by atoms with Crippen LogP contribution >= 0.6 is 11.6 Å². The molecule has 0 saturated heterocycles. The third-order valence-corrected chi connectivity index (χ3v) is 0.993. The molecule has 1 unspecified atom stereocenters. The second-order valence-electron chi connectivity index (χ2n) is 1.27. The smallest absolute Gasteiger partial charge is 0.170 e. The number of halogens is 1. The summed E-state index contributed by atoms with van der Waals surface area (Å²) < 4.78 is 9.77. The van der Waals surface area contributed by atoms with Crippen molar-refractivity contribution >= 4 is 11.6 Å². The average molecular weight is 139 g/mol. The lowest BCUT2D eigenvalue weighted by Crippen LogP contribution is -2.16. The zero-order chi connectivity index (χ0) is 6.41. The first-order valence-corrected chi connectivity index (χ1v) is 3.09. The van der Waals surface area contributed by atoms with E-state index in [2.05, 4.69) is 0 Å². The lowest BCUT2D eigenvalue weighted by atomic mass is 10.7. The standard InChI is InChI=1S/C5H11ClO2/c1-3-8-5(4-6)7-2/h5H,3-4H2,1-2H3. The summed E-state index contributed by atoms with van der Waals surface area (Å²) in [7, 11) is 1.57. The minimum absolute atomic E-state index is 0.235. The second kappa shape index (κ2) is 5.35. The molecule has 0 bridgehead atoms. The van der Waals surface area contributed by atoms with Crippen LogP contribution in [0.15, 0.2) is 0 Å². The topological polar surface area (TPSA) is 18.5 Å². The monoisotopic (exact) mass is 138 g/mol. The summed E-state index contributed by atoms with van der Waals surface area (Å²) >= 11 is 5.40. The van der Waals surface area contributed by atoms with Crippen molar-refractivity contribution in [3.63, 3.8) is 0 Å². The summed E-state index contributed by atoms with van der Waals surface area (Å²) in [4.78, 5) is 0. The van der Waals surface area contributed by atoms with Crippen molar-refractivity contribution in [1.29, 1.82) is 0 Å². The van der Waals surface area contributed by atoms with Gasteiger partial charge in [-0.3, -0.25) is 0 Å². The molecule has 0 rings (SSSR count). The number of alkyl halides is 1. The third kappa shape index (κ3) is 3.24. The Kier molecular flexibility index (Phi) is 5.49. The van der Waals surface area contributed by atoms with E-state index in [1.54, 1.807) is 7.11 Å². The van der Waals surface area contributed by atoms with Crippen LogP contribution in [0, 0.1) is 0 Å². The molecular weight excluding hydrogens is 128 g/mol. The van der Waals surface area contributed by atoms with Crippen molar-refractivity contribution in [3.05, 3.63) is 0 Å². The van der Waals surface area contributed by atoms with Crippen LogP contribution in [0.25, 0.3) is 0 Å². The van der Waals surface area contributed by atoms with E-state index in [9.17, 15) is 0 Å². The molecule has 0 aromatic heterocycles. The molecule has 0 saturated carbocycles. The van der Waals surface area contributed by atoms with Gasteiger partial charge in [-0.25, -0.2) is 0 Å². The van der Waals surface area contributed by atoms with Crippen LogP contribution in [-0.2, 0) is 9.47 Å². The molecule has 50 valence electrons. The molecule has 0 aromatic rings. The summed E-state index contributed by atoms with van der Waals surface area (Å²) in [5.41, 5.74) is 0. The van der Waals surface area contributed by atoms with Gasteiger partial charge in [-0.05, 0) is 6.92 Å². The first-order chi connectivity index (χ1) is 3.85. The van der Waals surface area contributed by atoms with Gasteiger partial charge in [0.2, 0.25) is 0 Å². The molecule has 0 aromatic carbocycles. The van der Waals surface area contributed by atoms with Gasteiger partial charge in [0.15, 0.2) is 6.29 Å². The van der Waals surface area contributed by atoms with Gasteiger partial charge in [0.05, 0.1) is 5.88 Å². The molecule has 8 heavy (non-hydrogen) atoms. The molecule has 0 aliphatic rings. The zero-order valence-corrected chi connectivity index (χ0v) is 5.94. The second-order valence-corrected chi connectivity index (χ2v) is 1.58. The average Bonchev–Trinajstić information content (AvgIpc) is 1.83. The number of hydrogen-bond acceptors (Lipinski definition) is 2. The first-order valence-electron chi connectivity index (χ1n) is 2.55. The van der Waals surface area contributed by atoms with E-state index in [-0.39, 0.29) is 6.29 Å². The van der Waals surface area contributed by atoms with E-state index in [4.69, 9.17) is 21.1 Å². The van der Waals surface area contributed by atoms with Crippen LogP contribution in [0.3, 0.4) is 0 Å².